The van der Waals surface area contributed by atoms with E-state index in [1.54, 1.807) is 0 Å². The molecule has 0 radical (unpaired) electrons. The first-order valence-corrected chi connectivity index (χ1v) is 14.5. The van der Waals surface area contributed by atoms with Gasteiger partial charge in [-0.2, -0.15) is 0 Å². The van der Waals surface area contributed by atoms with E-state index in [-0.39, 0.29) is 0 Å². The Bertz CT molecular complexity index is 1180. The Kier molecular flexibility index (Phi) is 3.91. The Labute approximate surface area is 161 Å². The van der Waals surface area contributed by atoms with Gasteiger partial charge in [0.05, 0.1) is 0 Å². The number of furan rings is 1. The molecule has 0 aliphatic heterocycles. The molecule has 0 fully saturated rings. The fourth-order valence-corrected chi connectivity index (χ4v) is 12.0. The van der Waals surface area contributed by atoms with Crippen molar-refractivity contribution in [2.24, 2.45) is 0 Å². The standard InChI is InChI=1S/C25H20GeO/c1-26(19-11-4-2-5-12-19,20-13-6-3-7-14-20)23-17-10-16-22-21-15-8-9-18-24(21)27-25(22)23/h2-18H,1H3. The van der Waals surface area contributed by atoms with Crippen LogP contribution in [0.15, 0.2) is 108 Å². The van der Waals surface area contributed by atoms with Gasteiger partial charge in [0.2, 0.25) is 0 Å². The Morgan fingerprint density at radius 1 is 0.556 bits per heavy atom. The Morgan fingerprint density at radius 2 is 1.11 bits per heavy atom. The van der Waals surface area contributed by atoms with Crippen molar-refractivity contribution in [1.82, 2.24) is 0 Å². The van der Waals surface area contributed by atoms with E-state index in [2.05, 4.69) is 103 Å². The van der Waals surface area contributed by atoms with Gasteiger partial charge in [0, 0.05) is 0 Å². The van der Waals surface area contributed by atoms with E-state index in [0.29, 0.717) is 0 Å². The molecule has 2 heteroatoms. The molecule has 0 atom stereocenters. The third-order valence-electron chi connectivity index (χ3n) is 5.65. The quantitative estimate of drug-likeness (QED) is 0.395. The number of para-hydroxylation sites is 2. The number of rotatable bonds is 3. The summed E-state index contributed by atoms with van der Waals surface area (Å²) in [6.45, 7) is 0. The van der Waals surface area contributed by atoms with Crippen molar-refractivity contribution >= 4 is 48.4 Å². The maximum atomic E-state index is 6.42. The van der Waals surface area contributed by atoms with Crippen molar-refractivity contribution in [2.75, 3.05) is 0 Å². The first-order chi connectivity index (χ1) is 13.3. The van der Waals surface area contributed by atoms with Crippen LogP contribution in [0.5, 0.6) is 0 Å². The van der Waals surface area contributed by atoms with E-state index in [0.717, 1.165) is 11.2 Å². The second-order valence-electron chi connectivity index (χ2n) is 7.14. The molecule has 4 aromatic carbocycles. The van der Waals surface area contributed by atoms with Gasteiger partial charge in [0.15, 0.2) is 0 Å². The molecular formula is C25H20GeO. The number of fused-ring (bicyclic) bond motifs is 3. The molecule has 0 bridgehead atoms. The number of benzene rings is 4. The van der Waals surface area contributed by atoms with Crippen molar-refractivity contribution < 1.29 is 4.42 Å². The molecule has 27 heavy (non-hydrogen) atoms. The van der Waals surface area contributed by atoms with E-state index in [4.69, 9.17) is 4.42 Å². The average Bonchev–Trinajstić information content (AvgIpc) is 3.13. The molecule has 0 spiro atoms. The van der Waals surface area contributed by atoms with Crippen LogP contribution in [0, 0.1) is 0 Å². The second-order valence-corrected chi connectivity index (χ2v) is 15.4. The summed E-state index contributed by atoms with van der Waals surface area (Å²) in [6, 6.07) is 36.9. The van der Waals surface area contributed by atoms with E-state index in [9.17, 15) is 0 Å². The van der Waals surface area contributed by atoms with Crippen molar-refractivity contribution in [3.63, 3.8) is 0 Å². The van der Waals surface area contributed by atoms with Gasteiger partial charge < -0.3 is 0 Å². The first kappa shape index (κ1) is 16.4. The third-order valence-corrected chi connectivity index (χ3v) is 15.0. The van der Waals surface area contributed by atoms with Crippen LogP contribution in [0.3, 0.4) is 0 Å². The Balaban J connectivity index is 1.89. The van der Waals surface area contributed by atoms with Gasteiger partial charge in [0.25, 0.3) is 0 Å². The zero-order valence-corrected chi connectivity index (χ0v) is 17.3. The predicted octanol–water partition coefficient (Wildman–Crippen LogP) is 4.69. The normalized spacial score (nSPS) is 11.9. The van der Waals surface area contributed by atoms with Crippen LogP contribution in [-0.2, 0) is 0 Å². The molecule has 0 saturated heterocycles. The molecule has 0 N–H and O–H groups in total. The van der Waals surface area contributed by atoms with Gasteiger partial charge >= 0.3 is 162 Å². The molecule has 0 unspecified atom stereocenters. The van der Waals surface area contributed by atoms with Crippen molar-refractivity contribution in [3.8, 4) is 0 Å². The van der Waals surface area contributed by atoms with Gasteiger partial charge in [-0.1, -0.05) is 0 Å². The van der Waals surface area contributed by atoms with Gasteiger partial charge in [-0.15, -0.1) is 0 Å². The summed E-state index contributed by atoms with van der Waals surface area (Å²) in [5.41, 5.74) is 2.01. The van der Waals surface area contributed by atoms with Crippen LogP contribution in [0.25, 0.3) is 21.9 Å². The van der Waals surface area contributed by atoms with Gasteiger partial charge in [-0.3, -0.25) is 0 Å². The SMILES string of the molecule is [CH3][Ge]([c]1ccccc1)([c]1ccccc1)[c]1cccc2c1oc1ccccc12. The molecule has 0 saturated carbocycles. The summed E-state index contributed by atoms with van der Waals surface area (Å²) in [4.78, 5) is 0. The molecule has 0 aliphatic carbocycles. The summed E-state index contributed by atoms with van der Waals surface area (Å²) in [5.74, 6) is 2.48. The molecule has 0 aliphatic rings. The van der Waals surface area contributed by atoms with Crippen LogP contribution in [0.4, 0.5) is 0 Å². The summed E-state index contributed by atoms with van der Waals surface area (Å²) >= 11 is -2.86. The van der Waals surface area contributed by atoms with Gasteiger partial charge in [-0.05, 0) is 0 Å². The first-order valence-electron chi connectivity index (χ1n) is 9.30. The van der Waals surface area contributed by atoms with Crippen LogP contribution in [0.1, 0.15) is 0 Å². The molecule has 1 nitrogen and oxygen atoms in total. The summed E-state index contributed by atoms with van der Waals surface area (Å²) in [5, 5.41) is 2.41. The molecule has 130 valence electrons. The van der Waals surface area contributed by atoms with Gasteiger partial charge in [-0.25, -0.2) is 0 Å². The minimum absolute atomic E-state index is 0.964. The Hall–Kier alpha value is -2.78. The maximum absolute atomic E-state index is 6.42. The average molecular weight is 409 g/mol. The summed E-state index contributed by atoms with van der Waals surface area (Å²) in [7, 11) is 0. The topological polar surface area (TPSA) is 13.1 Å². The molecule has 5 aromatic rings. The fraction of sp³-hybridized carbons (Fsp3) is 0.0400. The number of hydrogen-bond donors (Lipinski definition) is 0. The molecular weight excluding hydrogens is 389 g/mol. The van der Waals surface area contributed by atoms with Gasteiger partial charge in [0.1, 0.15) is 0 Å². The monoisotopic (exact) mass is 410 g/mol. The van der Waals surface area contributed by atoms with E-state index >= 15 is 0 Å². The zero-order chi connectivity index (χ0) is 18.3. The Morgan fingerprint density at radius 3 is 1.78 bits per heavy atom. The number of hydrogen-bond acceptors (Lipinski definition) is 1. The van der Waals surface area contributed by atoms with Crippen molar-refractivity contribution in [2.45, 2.75) is 5.76 Å². The summed E-state index contributed by atoms with van der Waals surface area (Å²) in [6.07, 6.45) is 0. The molecule has 1 aromatic heterocycles. The molecule has 1 heterocycles. The zero-order valence-electron chi connectivity index (χ0n) is 15.2. The molecule has 5 rings (SSSR count). The van der Waals surface area contributed by atoms with E-state index < -0.39 is 13.3 Å². The predicted molar refractivity (Wildman–Crippen MR) is 117 cm³/mol. The molecule has 0 amide bonds. The fourth-order valence-electron chi connectivity index (χ4n) is 4.16. The van der Waals surface area contributed by atoms with E-state index in [1.165, 1.54) is 24.0 Å². The van der Waals surface area contributed by atoms with E-state index in [1.807, 2.05) is 6.07 Å². The summed E-state index contributed by atoms with van der Waals surface area (Å²) < 4.78 is 10.7. The van der Waals surface area contributed by atoms with Crippen LogP contribution < -0.4 is 13.2 Å². The van der Waals surface area contributed by atoms with Crippen LogP contribution in [0.2, 0.25) is 5.76 Å². The van der Waals surface area contributed by atoms with Crippen molar-refractivity contribution in [1.29, 1.82) is 0 Å². The van der Waals surface area contributed by atoms with Crippen molar-refractivity contribution in [3.05, 3.63) is 103 Å². The van der Waals surface area contributed by atoms with Crippen LogP contribution in [-0.4, -0.2) is 13.3 Å². The second kappa shape index (κ2) is 6.43. The third kappa shape index (κ3) is 2.54. The minimum atomic E-state index is -2.86. The van der Waals surface area contributed by atoms with Crippen LogP contribution >= 0.6 is 0 Å².